The first-order valence-electron chi connectivity index (χ1n) is 5.03. The predicted octanol–water partition coefficient (Wildman–Crippen LogP) is 1.15. The molecule has 0 saturated heterocycles. The molecule has 1 N–H and O–H groups in total. The van der Waals surface area contributed by atoms with Gasteiger partial charge in [-0.25, -0.2) is 0 Å². The second-order valence-corrected chi connectivity index (χ2v) is 3.68. The predicted molar refractivity (Wildman–Crippen MR) is 53.7 cm³/mol. The van der Waals surface area contributed by atoms with Gasteiger partial charge in [0.15, 0.2) is 0 Å². The van der Waals surface area contributed by atoms with Gasteiger partial charge < -0.3 is 5.32 Å². The summed E-state index contributed by atoms with van der Waals surface area (Å²) in [5.41, 5.74) is 1.17. The van der Waals surface area contributed by atoms with E-state index in [0.29, 0.717) is 5.92 Å². The Morgan fingerprint density at radius 3 is 3.07 bits per heavy atom. The van der Waals surface area contributed by atoms with Crippen LogP contribution in [0.15, 0.2) is 24.5 Å². The molecule has 2 rings (SSSR count). The molecule has 0 spiro atoms. The van der Waals surface area contributed by atoms with Crippen molar-refractivity contribution in [1.29, 1.82) is 0 Å². The summed E-state index contributed by atoms with van der Waals surface area (Å²) in [6.07, 6.45) is 6.60. The Labute approximate surface area is 83.5 Å². The van der Waals surface area contributed by atoms with Gasteiger partial charge >= 0.3 is 0 Å². The Kier molecular flexibility index (Phi) is 2.77. The number of nitrogens with one attached hydrogen (secondary N) is 1. The Bertz CT molecular complexity index is 306. The van der Waals surface area contributed by atoms with Crippen LogP contribution in [0.25, 0.3) is 0 Å². The molecule has 1 amide bonds. The standard InChI is InChI=1S/C11H14N2O/c14-11(10-3-4-10)13-7-5-9-2-1-6-12-8-9/h1-2,6,8,10H,3-5,7H2,(H,13,14). The normalized spacial score (nSPS) is 15.1. The molecule has 1 saturated carbocycles. The molecule has 1 aliphatic rings. The molecular weight excluding hydrogens is 176 g/mol. The SMILES string of the molecule is O=C(NCCc1cccnc1)C1CC1. The molecule has 1 heterocycles. The first-order chi connectivity index (χ1) is 6.86. The fraction of sp³-hybridized carbons (Fsp3) is 0.455. The zero-order chi connectivity index (χ0) is 9.80. The van der Waals surface area contributed by atoms with Gasteiger partial charge in [0.1, 0.15) is 0 Å². The largest absolute Gasteiger partial charge is 0.356 e. The second-order valence-electron chi connectivity index (χ2n) is 3.68. The number of carbonyl (C=O) groups excluding carboxylic acids is 1. The van der Waals surface area contributed by atoms with E-state index in [9.17, 15) is 4.79 Å². The van der Waals surface area contributed by atoms with Gasteiger partial charge in [-0.05, 0) is 30.9 Å². The van der Waals surface area contributed by atoms with E-state index < -0.39 is 0 Å². The molecule has 14 heavy (non-hydrogen) atoms. The molecule has 0 aromatic carbocycles. The Hall–Kier alpha value is -1.38. The third-order valence-electron chi connectivity index (χ3n) is 2.38. The van der Waals surface area contributed by atoms with E-state index in [2.05, 4.69) is 10.3 Å². The fourth-order valence-corrected chi connectivity index (χ4v) is 1.37. The number of aromatic nitrogens is 1. The number of pyridine rings is 1. The summed E-state index contributed by atoms with van der Waals surface area (Å²) in [6.45, 7) is 0.723. The number of rotatable bonds is 4. The molecule has 1 fully saturated rings. The summed E-state index contributed by atoms with van der Waals surface area (Å²) in [5, 5.41) is 2.93. The lowest BCUT2D eigenvalue weighted by Gasteiger charge is -2.03. The number of amides is 1. The van der Waals surface area contributed by atoms with Gasteiger partial charge in [-0.1, -0.05) is 6.07 Å². The van der Waals surface area contributed by atoms with Gasteiger partial charge in [0.2, 0.25) is 5.91 Å². The van der Waals surface area contributed by atoms with Gasteiger partial charge in [-0.15, -0.1) is 0 Å². The molecular formula is C11H14N2O. The Morgan fingerprint density at radius 2 is 2.43 bits per heavy atom. The zero-order valence-electron chi connectivity index (χ0n) is 8.07. The van der Waals surface area contributed by atoms with Gasteiger partial charge in [0.25, 0.3) is 0 Å². The van der Waals surface area contributed by atoms with Crippen molar-refractivity contribution in [1.82, 2.24) is 10.3 Å². The monoisotopic (exact) mass is 190 g/mol. The summed E-state index contributed by atoms with van der Waals surface area (Å²) in [6, 6.07) is 3.94. The van der Waals surface area contributed by atoms with Crippen molar-refractivity contribution in [2.45, 2.75) is 19.3 Å². The number of carbonyl (C=O) groups is 1. The summed E-state index contributed by atoms with van der Waals surface area (Å²) in [4.78, 5) is 15.3. The van der Waals surface area contributed by atoms with Crippen molar-refractivity contribution in [2.75, 3.05) is 6.54 Å². The number of hydrogen-bond donors (Lipinski definition) is 1. The van der Waals surface area contributed by atoms with Crippen LogP contribution in [0.5, 0.6) is 0 Å². The highest BCUT2D eigenvalue weighted by Gasteiger charge is 2.28. The molecule has 0 unspecified atom stereocenters. The molecule has 1 aromatic rings. The highest BCUT2D eigenvalue weighted by atomic mass is 16.2. The van der Waals surface area contributed by atoms with Crippen LogP contribution in [0.4, 0.5) is 0 Å². The van der Waals surface area contributed by atoms with Crippen molar-refractivity contribution in [3.05, 3.63) is 30.1 Å². The molecule has 0 aliphatic heterocycles. The average Bonchev–Trinajstić information content (AvgIpc) is 3.02. The summed E-state index contributed by atoms with van der Waals surface area (Å²) < 4.78 is 0. The molecule has 74 valence electrons. The van der Waals surface area contributed by atoms with Crippen LogP contribution in [0.3, 0.4) is 0 Å². The number of nitrogens with zero attached hydrogens (tertiary/aromatic N) is 1. The quantitative estimate of drug-likeness (QED) is 0.773. The highest BCUT2D eigenvalue weighted by Crippen LogP contribution is 2.28. The summed E-state index contributed by atoms with van der Waals surface area (Å²) in [7, 11) is 0. The van der Waals surface area contributed by atoms with E-state index in [0.717, 1.165) is 25.8 Å². The molecule has 0 atom stereocenters. The topological polar surface area (TPSA) is 42.0 Å². The minimum atomic E-state index is 0.217. The molecule has 3 nitrogen and oxygen atoms in total. The van der Waals surface area contributed by atoms with Crippen LogP contribution in [0.2, 0.25) is 0 Å². The van der Waals surface area contributed by atoms with Crippen molar-refractivity contribution >= 4 is 5.91 Å². The third-order valence-corrected chi connectivity index (χ3v) is 2.38. The van der Waals surface area contributed by atoms with Gasteiger partial charge in [-0.2, -0.15) is 0 Å². The minimum absolute atomic E-state index is 0.217. The van der Waals surface area contributed by atoms with E-state index in [1.54, 1.807) is 6.20 Å². The first kappa shape index (κ1) is 9.19. The fourth-order valence-electron chi connectivity index (χ4n) is 1.37. The smallest absolute Gasteiger partial charge is 0.223 e. The van der Waals surface area contributed by atoms with Crippen LogP contribution in [0.1, 0.15) is 18.4 Å². The molecule has 0 bridgehead atoms. The number of hydrogen-bond acceptors (Lipinski definition) is 2. The van der Waals surface area contributed by atoms with E-state index >= 15 is 0 Å². The summed E-state index contributed by atoms with van der Waals surface area (Å²) in [5.74, 6) is 0.526. The van der Waals surface area contributed by atoms with Crippen molar-refractivity contribution in [2.24, 2.45) is 5.92 Å². The van der Waals surface area contributed by atoms with Crippen LogP contribution in [-0.2, 0) is 11.2 Å². The lowest BCUT2D eigenvalue weighted by Crippen LogP contribution is -2.26. The summed E-state index contributed by atoms with van der Waals surface area (Å²) >= 11 is 0. The first-order valence-corrected chi connectivity index (χ1v) is 5.03. The van der Waals surface area contributed by atoms with Crippen LogP contribution >= 0.6 is 0 Å². The maximum Gasteiger partial charge on any atom is 0.223 e. The molecule has 1 aromatic heterocycles. The van der Waals surface area contributed by atoms with Crippen LogP contribution in [-0.4, -0.2) is 17.4 Å². The van der Waals surface area contributed by atoms with E-state index in [1.165, 1.54) is 5.56 Å². The van der Waals surface area contributed by atoms with E-state index in [-0.39, 0.29) is 5.91 Å². The lowest BCUT2D eigenvalue weighted by atomic mass is 10.2. The van der Waals surface area contributed by atoms with Crippen LogP contribution < -0.4 is 5.32 Å². The van der Waals surface area contributed by atoms with Gasteiger partial charge in [-0.3, -0.25) is 9.78 Å². The van der Waals surface area contributed by atoms with Crippen LogP contribution in [0, 0.1) is 5.92 Å². The molecule has 3 heteroatoms. The van der Waals surface area contributed by atoms with E-state index in [1.807, 2.05) is 18.3 Å². The highest BCUT2D eigenvalue weighted by molar-refractivity contribution is 5.80. The van der Waals surface area contributed by atoms with Crippen molar-refractivity contribution < 1.29 is 4.79 Å². The van der Waals surface area contributed by atoms with Gasteiger partial charge in [0.05, 0.1) is 0 Å². The zero-order valence-corrected chi connectivity index (χ0v) is 8.07. The van der Waals surface area contributed by atoms with Crippen molar-refractivity contribution in [3.63, 3.8) is 0 Å². The van der Waals surface area contributed by atoms with E-state index in [4.69, 9.17) is 0 Å². The maximum atomic E-state index is 11.3. The Balaban J connectivity index is 1.70. The minimum Gasteiger partial charge on any atom is -0.356 e. The maximum absolute atomic E-state index is 11.3. The average molecular weight is 190 g/mol. The molecule has 0 radical (unpaired) electrons. The molecule has 1 aliphatic carbocycles. The third kappa shape index (κ3) is 2.55. The van der Waals surface area contributed by atoms with Gasteiger partial charge in [0, 0.05) is 24.9 Å². The van der Waals surface area contributed by atoms with Crippen molar-refractivity contribution in [3.8, 4) is 0 Å². The Morgan fingerprint density at radius 1 is 1.57 bits per heavy atom. The lowest BCUT2D eigenvalue weighted by molar-refractivity contribution is -0.122. The second kappa shape index (κ2) is 4.22.